The van der Waals surface area contributed by atoms with Crippen LogP contribution >= 0.6 is 0 Å². The van der Waals surface area contributed by atoms with Crippen molar-refractivity contribution in [1.82, 2.24) is 15.5 Å². The smallest absolute Gasteiger partial charge is 0.325 e. The number of nitrogens with zero attached hydrogens (tertiary/aromatic N) is 1. The van der Waals surface area contributed by atoms with Crippen LogP contribution in [0.5, 0.6) is 11.5 Å². The van der Waals surface area contributed by atoms with Crippen LogP contribution in [0.25, 0.3) is 0 Å². The molecule has 1 saturated heterocycles. The highest BCUT2D eigenvalue weighted by molar-refractivity contribution is 6.09. The van der Waals surface area contributed by atoms with Crippen molar-refractivity contribution in [2.24, 2.45) is 11.3 Å². The predicted octanol–water partition coefficient (Wildman–Crippen LogP) is 2.77. The summed E-state index contributed by atoms with van der Waals surface area (Å²) in [4.78, 5) is 39.6. The highest BCUT2D eigenvalue weighted by atomic mass is 16.6. The molecule has 3 aliphatic rings. The van der Waals surface area contributed by atoms with Gasteiger partial charge in [-0.1, -0.05) is 26.8 Å². The standard InChI is InChI=1S/C23H31N3O5/c1-14-10-22(3,4)13-23(11-14)20(28)26(21(29)25-23)12-19(27)24-15(2)16-5-6-17-18(9-16)31-8-7-30-17/h5-6,9,14-15H,7-8,10-13H2,1-4H3,(H,24,27)(H,25,29)/t14-,15-,23+/m0/s1. The van der Waals surface area contributed by atoms with Crippen molar-refractivity contribution in [3.8, 4) is 11.5 Å². The SMILES string of the molecule is C[C@H]1CC(C)(C)C[C@@]2(C1)NC(=O)N(CC(=O)N[C@@H](C)c1ccc3c(c1)OCCO3)C2=O. The fraction of sp³-hybridized carbons (Fsp3) is 0.609. The third-order valence-electron chi connectivity index (χ3n) is 6.37. The quantitative estimate of drug-likeness (QED) is 0.718. The molecule has 4 rings (SSSR count). The maximum atomic E-state index is 13.2. The summed E-state index contributed by atoms with van der Waals surface area (Å²) in [5, 5.41) is 5.78. The number of hydrogen-bond acceptors (Lipinski definition) is 5. The third-order valence-corrected chi connectivity index (χ3v) is 6.37. The molecule has 31 heavy (non-hydrogen) atoms. The Morgan fingerprint density at radius 2 is 1.94 bits per heavy atom. The average Bonchev–Trinajstić information content (AvgIpc) is 2.89. The van der Waals surface area contributed by atoms with Gasteiger partial charge in [-0.15, -0.1) is 0 Å². The molecule has 1 spiro atoms. The van der Waals surface area contributed by atoms with E-state index in [1.54, 1.807) is 0 Å². The second-order valence-electron chi connectivity index (χ2n) is 9.95. The van der Waals surface area contributed by atoms with E-state index in [2.05, 4.69) is 31.4 Å². The van der Waals surface area contributed by atoms with Crippen molar-refractivity contribution >= 4 is 17.8 Å². The van der Waals surface area contributed by atoms with Crippen LogP contribution in [0.15, 0.2) is 18.2 Å². The first-order valence-electron chi connectivity index (χ1n) is 10.9. The Labute approximate surface area is 182 Å². The summed E-state index contributed by atoms with van der Waals surface area (Å²) in [7, 11) is 0. The summed E-state index contributed by atoms with van der Waals surface area (Å²) in [5.41, 5.74) is -0.0971. The molecule has 4 amide bonds. The molecule has 8 heteroatoms. The first kappa shape index (κ1) is 21.5. The number of carbonyl (C=O) groups excluding carboxylic acids is 3. The minimum atomic E-state index is -0.903. The van der Waals surface area contributed by atoms with E-state index in [9.17, 15) is 14.4 Å². The highest BCUT2D eigenvalue weighted by Crippen LogP contribution is 2.46. The number of ether oxygens (including phenoxy) is 2. The Bertz CT molecular complexity index is 914. The van der Waals surface area contributed by atoms with Crippen molar-refractivity contribution in [2.45, 2.75) is 58.5 Å². The molecular weight excluding hydrogens is 398 g/mol. The zero-order valence-corrected chi connectivity index (χ0v) is 18.6. The monoisotopic (exact) mass is 429 g/mol. The molecule has 2 aliphatic heterocycles. The van der Waals surface area contributed by atoms with E-state index in [1.807, 2.05) is 25.1 Å². The highest BCUT2D eigenvalue weighted by Gasteiger charge is 2.56. The van der Waals surface area contributed by atoms with Gasteiger partial charge in [-0.25, -0.2) is 4.79 Å². The molecular formula is C23H31N3O5. The number of nitrogens with one attached hydrogen (secondary N) is 2. The van der Waals surface area contributed by atoms with Crippen LogP contribution in [0.1, 0.15) is 58.6 Å². The van der Waals surface area contributed by atoms with Crippen LogP contribution in [0.4, 0.5) is 4.79 Å². The van der Waals surface area contributed by atoms with Crippen molar-refractivity contribution in [3.63, 3.8) is 0 Å². The van der Waals surface area contributed by atoms with Crippen molar-refractivity contribution in [3.05, 3.63) is 23.8 Å². The molecule has 0 unspecified atom stereocenters. The van der Waals surface area contributed by atoms with Gasteiger partial charge in [0, 0.05) is 0 Å². The van der Waals surface area contributed by atoms with Gasteiger partial charge in [0.25, 0.3) is 5.91 Å². The normalized spacial score (nSPS) is 27.7. The van der Waals surface area contributed by atoms with E-state index in [0.29, 0.717) is 43.5 Å². The summed E-state index contributed by atoms with van der Waals surface area (Å²) < 4.78 is 11.1. The summed E-state index contributed by atoms with van der Waals surface area (Å²) >= 11 is 0. The molecule has 2 heterocycles. The first-order valence-corrected chi connectivity index (χ1v) is 10.9. The van der Waals surface area contributed by atoms with Crippen molar-refractivity contribution in [1.29, 1.82) is 0 Å². The maximum Gasteiger partial charge on any atom is 0.325 e. The van der Waals surface area contributed by atoms with Gasteiger partial charge in [-0.3, -0.25) is 14.5 Å². The van der Waals surface area contributed by atoms with Crippen molar-refractivity contribution in [2.75, 3.05) is 19.8 Å². The molecule has 1 aromatic rings. The van der Waals surface area contributed by atoms with Gasteiger partial charge in [0.05, 0.1) is 6.04 Å². The van der Waals surface area contributed by atoms with Crippen LogP contribution in [0.2, 0.25) is 0 Å². The fourth-order valence-corrected chi connectivity index (χ4v) is 5.49. The average molecular weight is 430 g/mol. The lowest BCUT2D eigenvalue weighted by Crippen LogP contribution is -2.54. The number of imide groups is 1. The molecule has 0 radical (unpaired) electrons. The van der Waals surface area contributed by atoms with Gasteiger partial charge in [0.2, 0.25) is 5.91 Å². The topological polar surface area (TPSA) is 97.0 Å². The molecule has 0 bridgehead atoms. The van der Waals surface area contributed by atoms with Crippen LogP contribution < -0.4 is 20.1 Å². The molecule has 1 aromatic carbocycles. The number of amides is 4. The molecule has 168 valence electrons. The number of hydrogen-bond donors (Lipinski definition) is 2. The summed E-state index contributed by atoms with van der Waals surface area (Å²) in [6.07, 6.45) is 2.19. The Morgan fingerprint density at radius 1 is 1.23 bits per heavy atom. The number of rotatable bonds is 4. The lowest BCUT2D eigenvalue weighted by Gasteiger charge is -2.43. The summed E-state index contributed by atoms with van der Waals surface area (Å²) in [6.45, 7) is 8.90. The zero-order chi connectivity index (χ0) is 22.4. The molecule has 3 atom stereocenters. The Balaban J connectivity index is 1.41. The molecule has 1 aliphatic carbocycles. The second-order valence-corrected chi connectivity index (χ2v) is 9.95. The van der Waals surface area contributed by atoms with E-state index in [0.717, 1.165) is 16.9 Å². The molecule has 8 nitrogen and oxygen atoms in total. The lowest BCUT2D eigenvalue weighted by molar-refractivity contribution is -0.137. The van der Waals surface area contributed by atoms with E-state index in [4.69, 9.17) is 9.47 Å². The number of urea groups is 1. The minimum absolute atomic E-state index is 0.0500. The third kappa shape index (κ3) is 4.20. The van der Waals surface area contributed by atoms with E-state index in [-0.39, 0.29) is 29.8 Å². The lowest BCUT2D eigenvalue weighted by atomic mass is 9.64. The van der Waals surface area contributed by atoms with Crippen LogP contribution in [0, 0.1) is 11.3 Å². The van der Waals surface area contributed by atoms with Gasteiger partial charge in [0.15, 0.2) is 11.5 Å². The van der Waals surface area contributed by atoms with Gasteiger partial charge < -0.3 is 20.1 Å². The van der Waals surface area contributed by atoms with Crippen LogP contribution in [-0.4, -0.2) is 48.0 Å². The fourth-order valence-electron chi connectivity index (χ4n) is 5.49. The Kier molecular flexibility index (Phi) is 5.35. The first-order chi connectivity index (χ1) is 14.6. The molecule has 2 N–H and O–H groups in total. The van der Waals surface area contributed by atoms with Gasteiger partial charge >= 0.3 is 6.03 Å². The van der Waals surface area contributed by atoms with Gasteiger partial charge in [-0.2, -0.15) is 0 Å². The maximum absolute atomic E-state index is 13.2. The van der Waals surface area contributed by atoms with Crippen LogP contribution in [-0.2, 0) is 9.59 Å². The van der Waals surface area contributed by atoms with Crippen LogP contribution in [0.3, 0.4) is 0 Å². The van der Waals surface area contributed by atoms with E-state index in [1.165, 1.54) is 0 Å². The zero-order valence-electron chi connectivity index (χ0n) is 18.6. The molecule has 2 fully saturated rings. The second kappa shape index (κ2) is 7.73. The number of fused-ring (bicyclic) bond motifs is 1. The van der Waals surface area contributed by atoms with Gasteiger partial charge in [-0.05, 0) is 55.2 Å². The van der Waals surface area contributed by atoms with Crippen molar-refractivity contribution < 1.29 is 23.9 Å². The summed E-state index contributed by atoms with van der Waals surface area (Å²) in [5.74, 6) is 0.972. The minimum Gasteiger partial charge on any atom is -0.486 e. The number of carbonyl (C=O) groups is 3. The van der Waals surface area contributed by atoms with E-state index < -0.39 is 11.6 Å². The molecule has 1 saturated carbocycles. The molecule has 0 aromatic heterocycles. The Morgan fingerprint density at radius 3 is 2.65 bits per heavy atom. The number of benzene rings is 1. The predicted molar refractivity (Wildman–Crippen MR) is 114 cm³/mol. The largest absolute Gasteiger partial charge is 0.486 e. The Hall–Kier alpha value is -2.77. The van der Waals surface area contributed by atoms with Gasteiger partial charge in [0.1, 0.15) is 25.3 Å². The summed E-state index contributed by atoms with van der Waals surface area (Å²) in [6, 6.07) is 4.73. The van der Waals surface area contributed by atoms with E-state index >= 15 is 0 Å².